The lowest BCUT2D eigenvalue weighted by Gasteiger charge is -2.55. The van der Waals surface area contributed by atoms with Gasteiger partial charge in [0.15, 0.2) is 0 Å². The molecule has 0 N–H and O–H groups in total. The molecule has 0 atom stereocenters. The Morgan fingerprint density at radius 2 is 1.09 bits per heavy atom. The molecule has 0 aliphatic rings. The zero-order valence-electron chi connectivity index (χ0n) is 23.5. The molecule has 7 heteroatoms. The first-order chi connectivity index (χ1) is 17.0. The molecule has 1 aromatic rings. The van der Waals surface area contributed by atoms with Crippen molar-refractivity contribution in [1.82, 2.24) is 0 Å². The molecule has 0 saturated heterocycles. The third kappa shape index (κ3) is 7.97. The van der Waals surface area contributed by atoms with E-state index in [1.165, 1.54) is 32.1 Å². The van der Waals surface area contributed by atoms with Gasteiger partial charge in [-0.3, -0.25) is 0 Å². The highest BCUT2D eigenvalue weighted by Crippen LogP contribution is 2.52. The molecule has 0 saturated carbocycles. The standard InChI is InChI=1S/C28H52O6S/c1-8-15-16-17-18-19-20-23-26(29-9-2,30-10-3)28(33-13-6,34-14-7)27(31-11-4,32-12-5)25-22-21-24-35-25/h21-22,24H,8-20,23H2,1-7H3. The third-order valence-electron chi connectivity index (χ3n) is 6.04. The van der Waals surface area contributed by atoms with Crippen LogP contribution in [0.4, 0.5) is 0 Å². The summed E-state index contributed by atoms with van der Waals surface area (Å²) in [6.45, 7) is 16.5. The van der Waals surface area contributed by atoms with Crippen LogP contribution in [0.3, 0.4) is 0 Å². The summed E-state index contributed by atoms with van der Waals surface area (Å²) >= 11 is 1.56. The number of hydrogen-bond donors (Lipinski definition) is 0. The van der Waals surface area contributed by atoms with Crippen molar-refractivity contribution in [3.63, 3.8) is 0 Å². The van der Waals surface area contributed by atoms with Crippen LogP contribution in [0.2, 0.25) is 0 Å². The maximum Gasteiger partial charge on any atom is 0.285 e. The molecule has 206 valence electrons. The molecule has 0 aliphatic heterocycles. The van der Waals surface area contributed by atoms with Crippen LogP contribution in [0.25, 0.3) is 0 Å². The average Bonchev–Trinajstić information content (AvgIpc) is 3.39. The van der Waals surface area contributed by atoms with Crippen molar-refractivity contribution in [1.29, 1.82) is 0 Å². The molecular weight excluding hydrogens is 464 g/mol. The van der Waals surface area contributed by atoms with Gasteiger partial charge in [-0.2, -0.15) is 0 Å². The van der Waals surface area contributed by atoms with Crippen LogP contribution in [-0.2, 0) is 34.2 Å². The van der Waals surface area contributed by atoms with E-state index in [1.807, 2.05) is 59.1 Å². The van der Waals surface area contributed by atoms with Crippen LogP contribution in [0.15, 0.2) is 17.5 Å². The van der Waals surface area contributed by atoms with Gasteiger partial charge >= 0.3 is 0 Å². The van der Waals surface area contributed by atoms with Gasteiger partial charge in [-0.15, -0.1) is 11.3 Å². The zero-order valence-corrected chi connectivity index (χ0v) is 24.3. The molecule has 0 aliphatic carbocycles. The zero-order chi connectivity index (χ0) is 26.0. The van der Waals surface area contributed by atoms with Crippen LogP contribution in [0.5, 0.6) is 0 Å². The van der Waals surface area contributed by atoms with Gasteiger partial charge in [-0.25, -0.2) is 0 Å². The molecule has 0 aromatic carbocycles. The third-order valence-corrected chi connectivity index (χ3v) is 6.99. The lowest BCUT2D eigenvalue weighted by molar-refractivity contribution is -0.502. The summed E-state index contributed by atoms with van der Waals surface area (Å²) in [5.74, 6) is -4.06. The lowest BCUT2D eigenvalue weighted by atomic mass is 9.88. The SMILES string of the molecule is CCCCCCCCCC(OCC)(OCC)C(OCC)(OCC)C(OCC)(OCC)c1cccs1. The molecule has 0 bridgehead atoms. The van der Waals surface area contributed by atoms with Gasteiger partial charge < -0.3 is 28.4 Å². The Balaban J connectivity index is 3.62. The van der Waals surface area contributed by atoms with E-state index in [1.54, 1.807) is 11.3 Å². The van der Waals surface area contributed by atoms with Gasteiger partial charge in [0.05, 0.1) is 4.88 Å². The molecule has 35 heavy (non-hydrogen) atoms. The summed E-state index contributed by atoms with van der Waals surface area (Å²) in [5, 5.41) is 2.02. The fourth-order valence-electron chi connectivity index (χ4n) is 4.84. The number of ether oxygens (including phenoxy) is 6. The van der Waals surface area contributed by atoms with Crippen molar-refractivity contribution in [2.75, 3.05) is 39.6 Å². The fraction of sp³-hybridized carbons (Fsp3) is 0.857. The molecule has 1 aromatic heterocycles. The summed E-state index contributed by atoms with van der Waals surface area (Å²) in [7, 11) is 0. The molecule has 0 fully saturated rings. The summed E-state index contributed by atoms with van der Waals surface area (Å²) in [6, 6.07) is 4.01. The lowest BCUT2D eigenvalue weighted by Crippen LogP contribution is -2.72. The Kier molecular flexibility index (Phi) is 16.6. The minimum atomic E-state index is -1.48. The minimum absolute atomic E-state index is 0.381. The highest BCUT2D eigenvalue weighted by Gasteiger charge is 2.71. The second kappa shape index (κ2) is 17.8. The van der Waals surface area contributed by atoms with E-state index >= 15 is 0 Å². The molecule has 0 spiro atoms. The monoisotopic (exact) mass is 516 g/mol. The maximum absolute atomic E-state index is 6.63. The molecule has 1 heterocycles. The first-order valence-corrected chi connectivity index (χ1v) is 14.8. The van der Waals surface area contributed by atoms with E-state index in [-0.39, 0.29) is 0 Å². The number of rotatable bonds is 23. The van der Waals surface area contributed by atoms with E-state index in [9.17, 15) is 0 Å². The predicted molar refractivity (Wildman–Crippen MR) is 144 cm³/mol. The van der Waals surface area contributed by atoms with Crippen molar-refractivity contribution in [2.24, 2.45) is 0 Å². The van der Waals surface area contributed by atoms with E-state index in [0.717, 1.165) is 17.7 Å². The number of thiophene rings is 1. The smallest absolute Gasteiger partial charge is 0.285 e. The fourth-order valence-corrected chi connectivity index (χ4v) is 5.71. The van der Waals surface area contributed by atoms with Crippen LogP contribution < -0.4 is 0 Å². The number of hydrogen-bond acceptors (Lipinski definition) is 7. The van der Waals surface area contributed by atoms with Crippen LogP contribution in [-0.4, -0.2) is 51.2 Å². The second-order valence-electron chi connectivity index (χ2n) is 8.43. The van der Waals surface area contributed by atoms with Crippen molar-refractivity contribution in [3.05, 3.63) is 22.4 Å². The summed E-state index contributed by atoms with van der Waals surface area (Å²) in [5.41, 5.74) is 0. The van der Waals surface area contributed by atoms with Gasteiger partial charge in [0.25, 0.3) is 11.6 Å². The highest BCUT2D eigenvalue weighted by molar-refractivity contribution is 7.10. The van der Waals surface area contributed by atoms with Gasteiger partial charge in [0.1, 0.15) is 0 Å². The number of unbranched alkanes of at least 4 members (excludes halogenated alkanes) is 6. The quantitative estimate of drug-likeness (QED) is 0.110. The van der Waals surface area contributed by atoms with Gasteiger partial charge in [-0.05, 0) is 59.4 Å². The second-order valence-corrected chi connectivity index (χ2v) is 9.38. The first-order valence-electron chi connectivity index (χ1n) is 13.9. The van der Waals surface area contributed by atoms with Crippen molar-refractivity contribution < 1.29 is 28.4 Å². The Labute approximate surface area is 219 Å². The van der Waals surface area contributed by atoms with Gasteiger partial charge in [0.2, 0.25) is 5.79 Å². The highest BCUT2D eigenvalue weighted by atomic mass is 32.1. The van der Waals surface area contributed by atoms with Crippen molar-refractivity contribution >= 4 is 11.3 Å². The summed E-state index contributed by atoms with van der Waals surface area (Å²) in [6.07, 6.45) is 8.91. The normalized spacial score (nSPS) is 13.0. The Hall–Kier alpha value is -0.540. The Morgan fingerprint density at radius 1 is 0.600 bits per heavy atom. The van der Waals surface area contributed by atoms with Gasteiger partial charge in [-0.1, -0.05) is 51.5 Å². The molecular formula is C28H52O6S. The first kappa shape index (κ1) is 32.5. The van der Waals surface area contributed by atoms with Crippen molar-refractivity contribution in [2.45, 2.75) is 117 Å². The van der Waals surface area contributed by atoms with E-state index < -0.39 is 17.4 Å². The minimum Gasteiger partial charge on any atom is -0.345 e. The topological polar surface area (TPSA) is 55.4 Å². The van der Waals surface area contributed by atoms with Crippen LogP contribution in [0.1, 0.15) is 105 Å². The maximum atomic E-state index is 6.63. The van der Waals surface area contributed by atoms with Crippen LogP contribution >= 0.6 is 11.3 Å². The van der Waals surface area contributed by atoms with E-state index in [4.69, 9.17) is 28.4 Å². The summed E-state index contributed by atoms with van der Waals surface area (Å²) in [4.78, 5) is 0.867. The van der Waals surface area contributed by atoms with E-state index in [2.05, 4.69) is 6.92 Å². The molecule has 0 radical (unpaired) electrons. The van der Waals surface area contributed by atoms with Gasteiger partial charge in [0, 0.05) is 46.1 Å². The van der Waals surface area contributed by atoms with E-state index in [0.29, 0.717) is 46.1 Å². The Bertz CT molecular complexity index is 603. The average molecular weight is 517 g/mol. The van der Waals surface area contributed by atoms with Crippen molar-refractivity contribution in [3.8, 4) is 0 Å². The molecule has 0 unspecified atom stereocenters. The molecule has 6 nitrogen and oxygen atoms in total. The summed E-state index contributed by atoms with van der Waals surface area (Å²) < 4.78 is 39.4. The largest absolute Gasteiger partial charge is 0.345 e. The molecule has 1 rings (SSSR count). The Morgan fingerprint density at radius 3 is 1.51 bits per heavy atom. The van der Waals surface area contributed by atoms with Crippen LogP contribution in [0, 0.1) is 0 Å². The molecule has 0 amide bonds. The predicted octanol–water partition coefficient (Wildman–Crippen LogP) is 7.65.